The van der Waals surface area contributed by atoms with E-state index in [2.05, 4.69) is 21.7 Å². The Morgan fingerprint density at radius 1 is 1.10 bits per heavy atom. The normalized spacial score (nSPS) is 10.1. The lowest BCUT2D eigenvalue weighted by Crippen LogP contribution is -2.34. The van der Waals surface area contributed by atoms with Crippen molar-refractivity contribution in [3.05, 3.63) is 77.0 Å². The van der Waals surface area contributed by atoms with Gasteiger partial charge < -0.3 is 10.5 Å². The van der Waals surface area contributed by atoms with Crippen LogP contribution in [0.5, 0.6) is 0 Å². The lowest BCUT2D eigenvalue weighted by atomic mass is 10.1. The Labute approximate surface area is 170 Å². The number of benzene rings is 2. The van der Waals surface area contributed by atoms with Crippen LogP contribution in [0.1, 0.15) is 21.5 Å². The van der Waals surface area contributed by atoms with E-state index >= 15 is 0 Å². The highest BCUT2D eigenvalue weighted by molar-refractivity contribution is 6.04. The number of hydrogen-bond donors (Lipinski definition) is 1. The zero-order valence-electron chi connectivity index (χ0n) is 16.0. The molecule has 0 aliphatic heterocycles. The maximum Gasteiger partial charge on any atom is 0.343 e. The van der Waals surface area contributed by atoms with Crippen LogP contribution < -0.4 is 10.6 Å². The first-order valence-electron chi connectivity index (χ1n) is 8.59. The summed E-state index contributed by atoms with van der Waals surface area (Å²) in [6.07, 6.45) is 1.24. The van der Waals surface area contributed by atoms with Crippen molar-refractivity contribution in [3.8, 4) is 11.8 Å². The van der Waals surface area contributed by atoms with Gasteiger partial charge in [0.15, 0.2) is 17.5 Å². The first-order chi connectivity index (χ1) is 14.3. The summed E-state index contributed by atoms with van der Waals surface area (Å²) >= 11 is 0. The van der Waals surface area contributed by atoms with Crippen LogP contribution in [0.25, 0.3) is 0 Å². The molecule has 3 rings (SSSR count). The van der Waals surface area contributed by atoms with Crippen molar-refractivity contribution in [2.75, 3.05) is 12.0 Å². The van der Waals surface area contributed by atoms with E-state index in [1.165, 1.54) is 17.9 Å². The first kappa shape index (κ1) is 20.5. The number of hydrogen-bond acceptors (Lipinski definition) is 4. The average molecular weight is 410 g/mol. The van der Waals surface area contributed by atoms with Crippen LogP contribution in [0.4, 0.5) is 25.1 Å². The van der Waals surface area contributed by atoms with E-state index in [0.29, 0.717) is 10.5 Å². The molecule has 0 saturated heterocycles. The number of urea groups is 1. The molecular formula is C21H16F2N4O3. The van der Waals surface area contributed by atoms with Crippen molar-refractivity contribution < 1.29 is 23.1 Å². The highest BCUT2D eigenvalue weighted by atomic mass is 19.1. The Balaban J connectivity index is 2.09. The molecular weight excluding hydrogens is 394 g/mol. The van der Waals surface area contributed by atoms with Gasteiger partial charge in [0.25, 0.3) is 0 Å². The molecule has 0 unspecified atom stereocenters. The van der Waals surface area contributed by atoms with Crippen molar-refractivity contribution >= 4 is 23.5 Å². The zero-order chi connectivity index (χ0) is 21.8. The number of aromatic nitrogens is 2. The fraction of sp³-hybridized carbons (Fsp3) is 0.0952. The number of nitrogens with two attached hydrogens (primary N) is 1. The van der Waals surface area contributed by atoms with Gasteiger partial charge in [-0.2, -0.15) is 5.10 Å². The number of ether oxygens (including phenoxy) is 1. The van der Waals surface area contributed by atoms with Gasteiger partial charge in [0.05, 0.1) is 7.11 Å². The van der Waals surface area contributed by atoms with Gasteiger partial charge >= 0.3 is 12.0 Å². The molecule has 2 aromatic carbocycles. The summed E-state index contributed by atoms with van der Waals surface area (Å²) in [5, 5.41) is 3.94. The molecule has 9 heteroatoms. The number of carbonyl (C=O) groups is 2. The topological polar surface area (TPSA) is 90.5 Å². The molecule has 0 fully saturated rings. The second-order valence-corrected chi connectivity index (χ2v) is 6.11. The van der Waals surface area contributed by atoms with Gasteiger partial charge in [0.1, 0.15) is 11.3 Å². The summed E-state index contributed by atoms with van der Waals surface area (Å²) in [7, 11) is 2.58. The monoisotopic (exact) mass is 410 g/mol. The smallest absolute Gasteiger partial charge is 0.343 e. The Kier molecular flexibility index (Phi) is 5.78. The number of amides is 2. The molecule has 2 amide bonds. The van der Waals surface area contributed by atoms with Gasteiger partial charge in [-0.15, -0.1) is 0 Å². The van der Waals surface area contributed by atoms with Crippen LogP contribution in [0.2, 0.25) is 0 Å². The predicted octanol–water partition coefficient (Wildman–Crippen LogP) is 3.10. The zero-order valence-corrected chi connectivity index (χ0v) is 16.0. The second-order valence-electron chi connectivity index (χ2n) is 6.11. The van der Waals surface area contributed by atoms with E-state index in [4.69, 9.17) is 5.73 Å². The largest absolute Gasteiger partial charge is 0.465 e. The van der Waals surface area contributed by atoms with E-state index in [9.17, 15) is 18.4 Å². The van der Waals surface area contributed by atoms with Crippen LogP contribution in [-0.2, 0) is 11.8 Å². The SMILES string of the molecule is COC(=O)c1cn(C)nc1N(C(N)=O)c1c(F)cc(C#Cc2ccccc2)cc1F. The fourth-order valence-corrected chi connectivity index (χ4v) is 2.73. The van der Waals surface area contributed by atoms with Crippen molar-refractivity contribution in [3.63, 3.8) is 0 Å². The number of rotatable bonds is 3. The molecule has 3 aromatic rings. The van der Waals surface area contributed by atoms with Crippen molar-refractivity contribution in [1.82, 2.24) is 9.78 Å². The van der Waals surface area contributed by atoms with Gasteiger partial charge in [0, 0.05) is 24.4 Å². The third-order valence-electron chi connectivity index (χ3n) is 4.01. The van der Waals surface area contributed by atoms with Gasteiger partial charge in [-0.25, -0.2) is 23.3 Å². The molecule has 30 heavy (non-hydrogen) atoms. The van der Waals surface area contributed by atoms with Crippen LogP contribution in [0.3, 0.4) is 0 Å². The van der Waals surface area contributed by atoms with E-state index in [1.54, 1.807) is 24.3 Å². The maximum absolute atomic E-state index is 14.8. The average Bonchev–Trinajstić information content (AvgIpc) is 3.10. The minimum atomic E-state index is -1.24. The molecule has 0 bridgehead atoms. The molecule has 0 atom stereocenters. The predicted molar refractivity (Wildman–Crippen MR) is 105 cm³/mol. The van der Waals surface area contributed by atoms with Crippen LogP contribution in [-0.4, -0.2) is 28.9 Å². The quantitative estimate of drug-likeness (QED) is 0.531. The summed E-state index contributed by atoms with van der Waals surface area (Å²) in [6.45, 7) is 0. The summed E-state index contributed by atoms with van der Waals surface area (Å²) < 4.78 is 35.5. The molecule has 0 saturated carbocycles. The second kappa shape index (κ2) is 8.45. The van der Waals surface area contributed by atoms with Crippen LogP contribution in [0.15, 0.2) is 48.7 Å². The minimum absolute atomic E-state index is 0.0521. The molecule has 7 nitrogen and oxygen atoms in total. The van der Waals surface area contributed by atoms with Crippen molar-refractivity contribution in [1.29, 1.82) is 0 Å². The van der Waals surface area contributed by atoms with Gasteiger partial charge in [-0.1, -0.05) is 30.0 Å². The summed E-state index contributed by atoms with van der Waals surface area (Å²) in [5.74, 6) is 2.03. The molecule has 1 heterocycles. The van der Waals surface area contributed by atoms with E-state index in [-0.39, 0.29) is 16.9 Å². The summed E-state index contributed by atoms with van der Waals surface area (Å²) in [4.78, 5) is 24.5. The Morgan fingerprint density at radius 2 is 1.70 bits per heavy atom. The standard InChI is InChI=1S/C21H16F2N4O3/c1-26-12-15(20(28)30-2)19(25-26)27(21(24)29)18-16(22)10-14(11-17(18)23)9-8-13-6-4-3-5-7-13/h3-7,10-12H,1-2H3,(H2,24,29). The third kappa shape index (κ3) is 4.12. The maximum atomic E-state index is 14.8. The highest BCUT2D eigenvalue weighted by Gasteiger charge is 2.30. The first-order valence-corrected chi connectivity index (χ1v) is 8.59. The highest BCUT2D eigenvalue weighted by Crippen LogP contribution is 2.32. The van der Waals surface area contributed by atoms with Crippen LogP contribution >= 0.6 is 0 Å². The lowest BCUT2D eigenvalue weighted by molar-refractivity contribution is 0.0601. The summed E-state index contributed by atoms with van der Waals surface area (Å²) in [5.41, 5.74) is 5.10. The number of methoxy groups -OCH3 is 1. The Bertz CT molecular complexity index is 1160. The molecule has 0 radical (unpaired) electrons. The Hall–Kier alpha value is -4.19. The lowest BCUT2D eigenvalue weighted by Gasteiger charge is -2.20. The molecule has 0 aliphatic carbocycles. The van der Waals surface area contributed by atoms with Crippen molar-refractivity contribution in [2.45, 2.75) is 0 Å². The van der Waals surface area contributed by atoms with Gasteiger partial charge in [-0.05, 0) is 24.3 Å². The molecule has 0 spiro atoms. The number of esters is 1. The molecule has 152 valence electrons. The number of aryl methyl sites for hydroxylation is 1. The Morgan fingerprint density at radius 3 is 2.27 bits per heavy atom. The fourth-order valence-electron chi connectivity index (χ4n) is 2.73. The summed E-state index contributed by atoms with van der Waals surface area (Å²) in [6, 6.07) is 9.57. The third-order valence-corrected chi connectivity index (χ3v) is 4.01. The number of anilines is 2. The van der Waals surface area contributed by atoms with Gasteiger partial charge in [-0.3, -0.25) is 4.68 Å². The van der Waals surface area contributed by atoms with E-state index in [0.717, 1.165) is 19.2 Å². The molecule has 2 N–H and O–H groups in total. The van der Waals surface area contributed by atoms with Crippen LogP contribution in [0, 0.1) is 23.5 Å². The number of halogens is 2. The molecule has 0 aliphatic rings. The molecule has 1 aromatic heterocycles. The minimum Gasteiger partial charge on any atom is -0.465 e. The van der Waals surface area contributed by atoms with Crippen molar-refractivity contribution in [2.24, 2.45) is 12.8 Å². The van der Waals surface area contributed by atoms with E-state index < -0.39 is 29.3 Å². The number of nitrogens with zero attached hydrogens (tertiary/aromatic N) is 3. The van der Waals surface area contributed by atoms with E-state index in [1.807, 2.05) is 6.07 Å². The van der Waals surface area contributed by atoms with Gasteiger partial charge in [0.2, 0.25) is 0 Å². The number of carbonyl (C=O) groups excluding carboxylic acids is 2. The number of primary amides is 1.